The van der Waals surface area contributed by atoms with E-state index in [-0.39, 0.29) is 0 Å². The third kappa shape index (κ3) is 6.76. The maximum absolute atomic E-state index is 9.75. The van der Waals surface area contributed by atoms with Gasteiger partial charge >= 0.3 is 7.25 Å². The summed E-state index contributed by atoms with van der Waals surface area (Å²) in [7, 11) is -2.77. The third-order valence-electron chi connectivity index (χ3n) is 4.45. The van der Waals surface area contributed by atoms with Gasteiger partial charge < -0.3 is 31.2 Å². The van der Waals surface area contributed by atoms with Gasteiger partial charge in [0.2, 0.25) is 11.0 Å². The minimum absolute atomic E-state index is 0.644. The summed E-state index contributed by atoms with van der Waals surface area (Å²) in [5.74, 6) is 2.09. The number of methoxy groups -OCH3 is 2. The van der Waals surface area contributed by atoms with Gasteiger partial charge in [0.05, 0.1) is 31.7 Å². The maximum Gasteiger partial charge on any atom is 0.673 e. The van der Waals surface area contributed by atoms with Crippen molar-refractivity contribution in [2.24, 2.45) is 0 Å². The molecule has 4 rings (SSSR count). The first kappa shape index (κ1) is 24.2. The second kappa shape index (κ2) is 10.4. The number of hydrogen-bond donors (Lipinski definition) is 1. The molecule has 0 unspecified atom stereocenters. The van der Waals surface area contributed by atoms with Crippen LogP contribution in [0.3, 0.4) is 0 Å². The van der Waals surface area contributed by atoms with Crippen molar-refractivity contribution in [3.63, 3.8) is 0 Å². The van der Waals surface area contributed by atoms with Crippen molar-refractivity contribution in [2.45, 2.75) is 0 Å². The van der Waals surface area contributed by atoms with Gasteiger partial charge in [0.15, 0.2) is 11.5 Å². The highest BCUT2D eigenvalue weighted by Gasteiger charge is 2.20. The van der Waals surface area contributed by atoms with E-state index in [0.29, 0.717) is 16.5 Å². The van der Waals surface area contributed by atoms with E-state index in [9.17, 15) is 17.3 Å². The van der Waals surface area contributed by atoms with Crippen LogP contribution in [0.2, 0.25) is 5.02 Å². The SMILES string of the molecule is COc1ccc([NH+]=c2cc(-c3ccccc3)oc3ccc(Cl)cc23)cc1OC.F[B-](F)(F)F. The highest BCUT2D eigenvalue weighted by molar-refractivity contribution is 6.50. The summed E-state index contributed by atoms with van der Waals surface area (Å²) in [6, 6.07) is 23.2. The third-order valence-corrected chi connectivity index (χ3v) is 4.68. The molecule has 0 fully saturated rings. The summed E-state index contributed by atoms with van der Waals surface area (Å²) < 4.78 is 55.8. The molecule has 1 heterocycles. The molecule has 172 valence electrons. The van der Waals surface area contributed by atoms with E-state index in [4.69, 9.17) is 25.5 Å². The highest BCUT2D eigenvalue weighted by Crippen LogP contribution is 2.28. The van der Waals surface area contributed by atoms with Crippen molar-refractivity contribution < 1.29 is 36.1 Å². The summed E-state index contributed by atoms with van der Waals surface area (Å²) in [6.07, 6.45) is 0. The van der Waals surface area contributed by atoms with Gasteiger partial charge in [-0.05, 0) is 24.3 Å². The standard InChI is InChI=1S/C23H18ClNO3.BF4/c1-26-21-11-9-17(13-23(21)27-2)25-19-14-22(15-6-4-3-5-7-15)28-20-10-8-16(24)12-18(19)20;2-1(3,4)5/h3-14H,1-2H3;/q;-1/p+1. The second-order valence-electron chi connectivity index (χ2n) is 6.72. The lowest BCUT2D eigenvalue weighted by molar-refractivity contribution is -0.401. The minimum Gasteiger partial charge on any atom is -0.493 e. The lowest BCUT2D eigenvalue weighted by Gasteiger charge is -2.06. The van der Waals surface area contributed by atoms with E-state index in [0.717, 1.165) is 33.3 Å². The first-order valence-corrected chi connectivity index (χ1v) is 10.0. The fourth-order valence-electron chi connectivity index (χ4n) is 3.08. The Bertz CT molecular complexity index is 1300. The molecule has 33 heavy (non-hydrogen) atoms. The lowest BCUT2D eigenvalue weighted by atomic mass is 10.1. The number of benzene rings is 3. The summed E-state index contributed by atoms with van der Waals surface area (Å²) in [5, 5.41) is 2.42. The molecule has 0 saturated heterocycles. The predicted molar refractivity (Wildman–Crippen MR) is 120 cm³/mol. The van der Waals surface area contributed by atoms with Crippen LogP contribution < -0.4 is 19.8 Å². The Labute approximate surface area is 192 Å². The molecule has 4 aromatic rings. The molecule has 0 radical (unpaired) electrons. The average molecular weight is 480 g/mol. The second-order valence-corrected chi connectivity index (χ2v) is 7.16. The fraction of sp³-hybridized carbons (Fsp3) is 0.0870. The van der Waals surface area contributed by atoms with E-state index in [1.807, 2.05) is 72.8 Å². The van der Waals surface area contributed by atoms with E-state index in [1.165, 1.54) is 0 Å². The topological polar surface area (TPSA) is 45.6 Å². The highest BCUT2D eigenvalue weighted by atomic mass is 35.5. The van der Waals surface area contributed by atoms with Crippen LogP contribution in [-0.4, -0.2) is 21.5 Å². The molecule has 0 aliphatic rings. The summed E-state index contributed by atoms with van der Waals surface area (Å²) >= 11 is 6.23. The molecule has 0 bridgehead atoms. The first-order chi connectivity index (χ1) is 15.7. The zero-order chi connectivity index (χ0) is 24.0. The van der Waals surface area contributed by atoms with Crippen LogP contribution in [0.25, 0.3) is 22.3 Å². The Morgan fingerprint density at radius 3 is 2.12 bits per heavy atom. The Morgan fingerprint density at radius 2 is 1.48 bits per heavy atom. The van der Waals surface area contributed by atoms with Crippen LogP contribution in [0, 0.1) is 0 Å². The quantitative estimate of drug-likeness (QED) is 0.316. The molecular weight excluding hydrogens is 461 g/mol. The largest absolute Gasteiger partial charge is 0.673 e. The van der Waals surface area contributed by atoms with Crippen LogP contribution in [0.15, 0.2) is 77.2 Å². The van der Waals surface area contributed by atoms with Crippen LogP contribution >= 0.6 is 11.6 Å². The van der Waals surface area contributed by atoms with Gasteiger partial charge in [-0.1, -0.05) is 41.9 Å². The van der Waals surface area contributed by atoms with Crippen molar-refractivity contribution in [1.82, 2.24) is 0 Å². The Morgan fingerprint density at radius 1 is 0.818 bits per heavy atom. The normalized spacial score (nSPS) is 11.7. The number of hydrogen-bond acceptors (Lipinski definition) is 3. The first-order valence-electron chi connectivity index (χ1n) is 9.66. The molecule has 1 aromatic heterocycles. The molecule has 0 spiro atoms. The van der Waals surface area contributed by atoms with Crippen LogP contribution in [0.4, 0.5) is 23.0 Å². The van der Waals surface area contributed by atoms with Gasteiger partial charge in [-0.25, -0.2) is 4.99 Å². The van der Waals surface area contributed by atoms with E-state index in [1.54, 1.807) is 14.2 Å². The van der Waals surface area contributed by atoms with Crippen LogP contribution in [0.5, 0.6) is 11.5 Å². The van der Waals surface area contributed by atoms with Gasteiger partial charge in [-0.2, -0.15) is 0 Å². The smallest absolute Gasteiger partial charge is 0.493 e. The summed E-state index contributed by atoms with van der Waals surface area (Å²) in [4.78, 5) is 3.46. The molecule has 1 N–H and O–H groups in total. The number of rotatable bonds is 4. The molecule has 0 amide bonds. The van der Waals surface area contributed by atoms with Crippen molar-refractivity contribution in [3.05, 3.63) is 83.2 Å². The van der Waals surface area contributed by atoms with Gasteiger partial charge in [-0.15, -0.1) is 0 Å². The predicted octanol–water partition coefficient (Wildman–Crippen LogP) is 5.38. The van der Waals surface area contributed by atoms with Gasteiger partial charge in [-0.3, -0.25) is 0 Å². The number of ether oxygens (including phenoxy) is 2. The Hall–Kier alpha value is -3.46. The zero-order valence-electron chi connectivity index (χ0n) is 17.6. The lowest BCUT2D eigenvalue weighted by Crippen LogP contribution is -2.70. The Balaban J connectivity index is 0.000000555. The maximum atomic E-state index is 9.75. The zero-order valence-corrected chi connectivity index (χ0v) is 18.4. The molecule has 0 aliphatic carbocycles. The van der Waals surface area contributed by atoms with E-state index < -0.39 is 7.25 Å². The fourth-order valence-corrected chi connectivity index (χ4v) is 3.25. The Kier molecular flexibility index (Phi) is 7.65. The van der Waals surface area contributed by atoms with Gasteiger partial charge in [0, 0.05) is 16.7 Å². The molecule has 0 saturated carbocycles. The molecular formula is C23H19BClF4NO3. The average Bonchev–Trinajstić information content (AvgIpc) is 2.78. The number of nitrogens with one attached hydrogen (secondary N) is 1. The molecule has 0 aliphatic heterocycles. The van der Waals surface area contributed by atoms with Crippen LogP contribution in [-0.2, 0) is 0 Å². The summed E-state index contributed by atoms with van der Waals surface area (Å²) in [5.41, 5.74) is 2.60. The van der Waals surface area contributed by atoms with Crippen molar-refractivity contribution in [3.8, 4) is 22.8 Å². The van der Waals surface area contributed by atoms with Gasteiger partial charge in [0.25, 0.3) is 0 Å². The monoisotopic (exact) mass is 479 g/mol. The van der Waals surface area contributed by atoms with Crippen molar-refractivity contribution >= 4 is 35.5 Å². The molecule has 4 nitrogen and oxygen atoms in total. The molecule has 3 aromatic carbocycles. The number of fused-ring (bicyclic) bond motifs is 1. The molecule has 10 heteroatoms. The molecule has 0 atom stereocenters. The van der Waals surface area contributed by atoms with Gasteiger partial charge in [0.1, 0.15) is 11.3 Å². The van der Waals surface area contributed by atoms with Crippen LogP contribution in [0.1, 0.15) is 0 Å². The van der Waals surface area contributed by atoms with Crippen molar-refractivity contribution in [1.29, 1.82) is 0 Å². The van der Waals surface area contributed by atoms with E-state index in [2.05, 4.69) is 4.99 Å². The summed E-state index contributed by atoms with van der Waals surface area (Å²) in [6.45, 7) is 0. The van der Waals surface area contributed by atoms with E-state index >= 15 is 0 Å². The van der Waals surface area contributed by atoms with Crippen molar-refractivity contribution in [2.75, 3.05) is 14.2 Å². The minimum atomic E-state index is -6.00. The number of halogens is 5.